The van der Waals surface area contributed by atoms with Crippen LogP contribution in [0.2, 0.25) is 5.02 Å². The van der Waals surface area contributed by atoms with Crippen molar-refractivity contribution in [1.29, 1.82) is 0 Å². The van der Waals surface area contributed by atoms with E-state index in [0.717, 1.165) is 28.6 Å². The van der Waals surface area contributed by atoms with Gasteiger partial charge >= 0.3 is 0 Å². The van der Waals surface area contributed by atoms with Crippen molar-refractivity contribution in [3.05, 3.63) is 34.9 Å². The van der Waals surface area contributed by atoms with Gasteiger partial charge in [-0.2, -0.15) is 4.99 Å². The van der Waals surface area contributed by atoms with Crippen molar-refractivity contribution in [2.75, 3.05) is 0 Å². The Labute approximate surface area is 134 Å². The summed E-state index contributed by atoms with van der Waals surface area (Å²) in [4.78, 5) is 16.4. The fraction of sp³-hybridized carbons (Fsp3) is 0.500. The minimum Gasteiger partial charge on any atom is -0.355 e. The molecule has 112 valence electrons. The quantitative estimate of drug-likeness (QED) is 0.915. The predicted octanol–water partition coefficient (Wildman–Crippen LogP) is 3.96. The van der Waals surface area contributed by atoms with Crippen molar-refractivity contribution in [3.63, 3.8) is 0 Å². The van der Waals surface area contributed by atoms with Gasteiger partial charge in [0.1, 0.15) is 4.75 Å². The number of nitrogens with one attached hydrogen (secondary N) is 1. The van der Waals surface area contributed by atoms with Crippen LogP contribution in [0.15, 0.2) is 29.3 Å². The summed E-state index contributed by atoms with van der Waals surface area (Å²) in [5.74, 6) is 0.202. The Morgan fingerprint density at radius 1 is 1.33 bits per heavy atom. The van der Waals surface area contributed by atoms with Gasteiger partial charge in [0, 0.05) is 5.02 Å². The lowest BCUT2D eigenvalue weighted by Crippen LogP contribution is -2.36. The molecule has 21 heavy (non-hydrogen) atoms. The summed E-state index contributed by atoms with van der Waals surface area (Å²) >= 11 is 7.86. The van der Waals surface area contributed by atoms with E-state index in [9.17, 15) is 4.79 Å². The molecular formula is C16H19ClN2OS. The maximum atomic E-state index is 12.2. The highest BCUT2D eigenvalue weighted by atomic mass is 35.5. The van der Waals surface area contributed by atoms with Crippen molar-refractivity contribution in [2.45, 2.75) is 43.9 Å². The van der Waals surface area contributed by atoms with Crippen LogP contribution >= 0.6 is 23.4 Å². The van der Waals surface area contributed by atoms with Crippen molar-refractivity contribution < 1.29 is 4.79 Å². The summed E-state index contributed by atoms with van der Waals surface area (Å²) in [5.41, 5.74) is 0.952. The highest BCUT2D eigenvalue weighted by Crippen LogP contribution is 2.50. The van der Waals surface area contributed by atoms with Crippen LogP contribution in [0, 0.1) is 5.92 Å². The monoisotopic (exact) mass is 322 g/mol. The van der Waals surface area contributed by atoms with E-state index in [2.05, 4.69) is 24.2 Å². The van der Waals surface area contributed by atoms with Crippen LogP contribution in [0.1, 0.15) is 39.2 Å². The van der Waals surface area contributed by atoms with Gasteiger partial charge in [0.05, 0.1) is 5.54 Å². The number of aliphatic imine (C=N–C) groups is 1. The van der Waals surface area contributed by atoms with Crippen LogP contribution in [0.5, 0.6) is 0 Å². The van der Waals surface area contributed by atoms with E-state index in [1.807, 2.05) is 31.2 Å². The molecule has 1 amide bonds. The average molecular weight is 323 g/mol. The van der Waals surface area contributed by atoms with E-state index < -0.39 is 4.75 Å². The molecule has 0 bridgehead atoms. The Bertz CT molecular complexity index is 624. The number of carbonyl (C=O) groups is 1. The van der Waals surface area contributed by atoms with Gasteiger partial charge in [0.2, 0.25) is 0 Å². The molecule has 1 fully saturated rings. The largest absolute Gasteiger partial charge is 0.355 e. The lowest BCUT2D eigenvalue weighted by molar-refractivity contribution is -0.120. The smallest absolute Gasteiger partial charge is 0.264 e. The fourth-order valence-electron chi connectivity index (χ4n) is 2.53. The topological polar surface area (TPSA) is 41.5 Å². The molecule has 3 nitrogen and oxygen atoms in total. The first kappa shape index (κ1) is 14.9. The minimum atomic E-state index is -0.459. The van der Waals surface area contributed by atoms with E-state index in [4.69, 9.17) is 11.6 Å². The Balaban J connectivity index is 1.81. The zero-order chi connectivity index (χ0) is 15.3. The second-order valence-corrected chi connectivity index (χ2v) is 8.12. The van der Waals surface area contributed by atoms with Crippen LogP contribution in [0.3, 0.4) is 0 Å². The number of carbonyl (C=O) groups excluding carboxylic acids is 1. The molecular weight excluding hydrogens is 304 g/mol. The van der Waals surface area contributed by atoms with Crippen LogP contribution in [0.4, 0.5) is 0 Å². The minimum absolute atomic E-state index is 0.0417. The third-order valence-corrected chi connectivity index (χ3v) is 6.31. The summed E-state index contributed by atoms with van der Waals surface area (Å²) in [7, 11) is 0. The number of benzene rings is 1. The number of rotatable bonds is 3. The van der Waals surface area contributed by atoms with Gasteiger partial charge in [-0.1, -0.05) is 55.4 Å². The third-order valence-electron chi connectivity index (χ3n) is 4.52. The van der Waals surface area contributed by atoms with Gasteiger partial charge in [-0.15, -0.1) is 0 Å². The molecule has 1 atom stereocenters. The van der Waals surface area contributed by atoms with Gasteiger partial charge in [-0.25, -0.2) is 0 Å². The highest BCUT2D eigenvalue weighted by molar-refractivity contribution is 8.16. The van der Waals surface area contributed by atoms with Crippen molar-refractivity contribution in [2.24, 2.45) is 10.9 Å². The number of halogens is 1. The molecule has 1 unspecified atom stereocenters. The molecule has 1 heterocycles. The maximum absolute atomic E-state index is 12.2. The molecule has 3 rings (SSSR count). The Morgan fingerprint density at radius 3 is 2.52 bits per heavy atom. The molecule has 5 heteroatoms. The summed E-state index contributed by atoms with van der Waals surface area (Å²) in [5, 5.41) is 4.97. The molecule has 0 spiro atoms. The zero-order valence-corrected chi connectivity index (χ0v) is 14.0. The molecule has 0 radical (unpaired) electrons. The highest BCUT2D eigenvalue weighted by Gasteiger charge is 2.50. The maximum Gasteiger partial charge on any atom is 0.264 e. The predicted molar refractivity (Wildman–Crippen MR) is 88.8 cm³/mol. The second-order valence-electron chi connectivity index (χ2n) is 6.27. The molecule has 1 N–H and O–H groups in total. The normalized spacial score (nSPS) is 26.9. The van der Waals surface area contributed by atoms with Crippen LogP contribution < -0.4 is 5.32 Å². The lowest BCUT2D eigenvalue weighted by atomic mass is 9.96. The molecule has 1 aromatic carbocycles. The van der Waals surface area contributed by atoms with E-state index >= 15 is 0 Å². The van der Waals surface area contributed by atoms with Gasteiger partial charge < -0.3 is 5.32 Å². The number of hydrogen-bond donors (Lipinski definition) is 1. The third kappa shape index (κ3) is 2.49. The lowest BCUT2D eigenvalue weighted by Gasteiger charge is -2.25. The van der Waals surface area contributed by atoms with Gasteiger partial charge in [0.15, 0.2) is 5.17 Å². The molecule has 1 saturated carbocycles. The first-order valence-corrected chi connectivity index (χ1v) is 8.42. The van der Waals surface area contributed by atoms with Gasteiger partial charge in [0.25, 0.3) is 5.91 Å². The Morgan fingerprint density at radius 2 is 2.00 bits per heavy atom. The number of amidine groups is 1. The standard InChI is InChI=1S/C16H19ClN2OS/c1-10(2)15(3)13(20)18-14(21-15)19-16(8-9-16)11-6-4-5-7-12(11)17/h4-7,10H,8-9H2,1-3H3,(H,18,19,20). The summed E-state index contributed by atoms with van der Waals surface area (Å²) in [6.45, 7) is 6.09. The Kier molecular flexibility index (Phi) is 3.57. The van der Waals surface area contributed by atoms with Gasteiger partial charge in [-0.3, -0.25) is 4.79 Å². The molecule has 1 aliphatic heterocycles. The molecule has 2 aliphatic rings. The van der Waals surface area contributed by atoms with Gasteiger partial charge in [-0.05, 0) is 37.3 Å². The SMILES string of the molecule is CC(C)C1(C)SC(NC2(c3ccccc3Cl)CC2)=NC1=O. The zero-order valence-electron chi connectivity index (χ0n) is 12.4. The average Bonchev–Trinajstić information content (AvgIpc) is 3.12. The van der Waals surface area contributed by atoms with Crippen molar-refractivity contribution >= 4 is 34.4 Å². The van der Waals surface area contributed by atoms with Crippen molar-refractivity contribution in [1.82, 2.24) is 5.32 Å². The fourth-order valence-corrected chi connectivity index (χ4v) is 3.99. The summed E-state index contributed by atoms with van der Waals surface area (Å²) in [6, 6.07) is 7.89. The van der Waals surface area contributed by atoms with Crippen LogP contribution in [0.25, 0.3) is 0 Å². The van der Waals surface area contributed by atoms with E-state index in [1.54, 1.807) is 11.8 Å². The second kappa shape index (κ2) is 5.03. The van der Waals surface area contributed by atoms with E-state index in [-0.39, 0.29) is 17.4 Å². The van der Waals surface area contributed by atoms with Crippen LogP contribution in [-0.2, 0) is 10.3 Å². The molecule has 1 aliphatic carbocycles. The number of nitrogens with zero attached hydrogens (tertiary/aromatic N) is 1. The first-order chi connectivity index (χ1) is 9.87. The van der Waals surface area contributed by atoms with Crippen LogP contribution in [-0.4, -0.2) is 15.8 Å². The number of amides is 1. The summed E-state index contributed by atoms with van der Waals surface area (Å²) < 4.78 is -0.459. The van der Waals surface area contributed by atoms with E-state index in [1.165, 1.54) is 0 Å². The first-order valence-electron chi connectivity index (χ1n) is 7.23. The van der Waals surface area contributed by atoms with Crippen molar-refractivity contribution in [3.8, 4) is 0 Å². The Hall–Kier alpha value is -1.00. The molecule has 0 aromatic heterocycles. The number of thioether (sulfide) groups is 1. The van der Waals surface area contributed by atoms with E-state index in [0.29, 0.717) is 0 Å². The number of hydrogen-bond acceptors (Lipinski definition) is 3. The molecule has 1 aromatic rings. The summed E-state index contributed by atoms with van der Waals surface area (Å²) in [6.07, 6.45) is 2.03. The molecule has 0 saturated heterocycles.